The standard InChI is InChI=1S/C26H29ClN4O5/c1-16-22(32)18-5-3-6-19(24(18)36-23(16)25(28)33)26(34)29-9-4-10-30-11-13-31(14-12-30)20-15-17(27)7-8-21(20)35-2/h3,5-8,15H,4,9-14H2,1-2H3,(H2,28,33)(H,29,34). The average molecular weight is 513 g/mol. The van der Waals surface area contributed by atoms with Crippen LogP contribution in [0.1, 0.15) is 32.9 Å². The molecule has 0 atom stereocenters. The number of fused-ring (bicyclic) bond motifs is 1. The summed E-state index contributed by atoms with van der Waals surface area (Å²) in [5.41, 5.74) is 6.33. The van der Waals surface area contributed by atoms with Crippen molar-refractivity contribution in [1.82, 2.24) is 10.2 Å². The van der Waals surface area contributed by atoms with Crippen molar-refractivity contribution in [1.29, 1.82) is 0 Å². The summed E-state index contributed by atoms with van der Waals surface area (Å²) in [4.78, 5) is 41.7. The van der Waals surface area contributed by atoms with Crippen LogP contribution in [0.4, 0.5) is 5.69 Å². The molecule has 36 heavy (non-hydrogen) atoms. The molecule has 1 aliphatic heterocycles. The lowest BCUT2D eigenvalue weighted by Crippen LogP contribution is -2.47. The van der Waals surface area contributed by atoms with E-state index in [0.29, 0.717) is 11.6 Å². The number of piperazine rings is 1. The number of halogens is 1. The maximum absolute atomic E-state index is 12.8. The number of amides is 2. The van der Waals surface area contributed by atoms with Crippen LogP contribution in [0.15, 0.2) is 45.6 Å². The molecule has 190 valence electrons. The molecular weight excluding hydrogens is 484 g/mol. The van der Waals surface area contributed by atoms with Crippen molar-refractivity contribution in [3.05, 3.63) is 68.5 Å². The van der Waals surface area contributed by atoms with Crippen molar-refractivity contribution >= 4 is 40.1 Å². The molecule has 0 aliphatic carbocycles. The molecule has 0 unspecified atom stereocenters. The zero-order valence-corrected chi connectivity index (χ0v) is 21.1. The van der Waals surface area contributed by atoms with Crippen molar-refractivity contribution in [3.63, 3.8) is 0 Å². The molecule has 0 saturated carbocycles. The number of carbonyl (C=O) groups excluding carboxylic acids is 2. The molecule has 9 nitrogen and oxygen atoms in total. The number of carbonyl (C=O) groups is 2. The molecule has 0 bridgehead atoms. The molecular formula is C26H29ClN4O5. The van der Waals surface area contributed by atoms with Gasteiger partial charge in [0.2, 0.25) is 0 Å². The topological polar surface area (TPSA) is 118 Å². The highest BCUT2D eigenvalue weighted by molar-refractivity contribution is 6.31. The van der Waals surface area contributed by atoms with Crippen LogP contribution in [0.25, 0.3) is 11.0 Å². The Morgan fingerprint density at radius 1 is 1.17 bits per heavy atom. The maximum atomic E-state index is 12.8. The van der Waals surface area contributed by atoms with E-state index in [9.17, 15) is 14.4 Å². The molecule has 1 aliphatic rings. The van der Waals surface area contributed by atoms with Crippen molar-refractivity contribution < 1.29 is 18.7 Å². The Balaban J connectivity index is 1.32. The summed E-state index contributed by atoms with van der Waals surface area (Å²) in [6.45, 7) is 6.22. The Morgan fingerprint density at radius 2 is 1.92 bits per heavy atom. The summed E-state index contributed by atoms with van der Waals surface area (Å²) >= 11 is 6.18. The third kappa shape index (κ3) is 5.32. The molecule has 2 amide bonds. The van der Waals surface area contributed by atoms with Gasteiger partial charge in [0.1, 0.15) is 5.75 Å². The van der Waals surface area contributed by atoms with Gasteiger partial charge in [0, 0.05) is 43.3 Å². The van der Waals surface area contributed by atoms with Crippen LogP contribution in [-0.4, -0.2) is 63.1 Å². The minimum absolute atomic E-state index is 0.0620. The highest BCUT2D eigenvalue weighted by Crippen LogP contribution is 2.31. The first-order chi connectivity index (χ1) is 17.3. The van der Waals surface area contributed by atoms with Crippen molar-refractivity contribution in [2.24, 2.45) is 5.73 Å². The van der Waals surface area contributed by atoms with E-state index in [1.807, 2.05) is 18.2 Å². The number of hydrogen-bond donors (Lipinski definition) is 2. The van der Waals surface area contributed by atoms with E-state index in [1.165, 1.54) is 6.92 Å². The molecule has 2 heterocycles. The van der Waals surface area contributed by atoms with Gasteiger partial charge in [-0.25, -0.2) is 0 Å². The largest absolute Gasteiger partial charge is 0.495 e. The summed E-state index contributed by atoms with van der Waals surface area (Å²) in [5, 5.41) is 3.80. The predicted molar refractivity (Wildman–Crippen MR) is 139 cm³/mol. The molecule has 1 aromatic heterocycles. The zero-order valence-electron chi connectivity index (χ0n) is 20.3. The fourth-order valence-electron chi connectivity index (χ4n) is 4.45. The van der Waals surface area contributed by atoms with Gasteiger partial charge in [-0.05, 0) is 50.2 Å². The average Bonchev–Trinajstić information content (AvgIpc) is 2.88. The third-order valence-electron chi connectivity index (χ3n) is 6.40. The van der Waals surface area contributed by atoms with Crippen molar-refractivity contribution in [3.8, 4) is 5.75 Å². The number of nitrogens with zero attached hydrogens (tertiary/aromatic N) is 2. The Kier molecular flexibility index (Phi) is 7.81. The number of benzene rings is 2. The Bertz CT molecular complexity index is 1350. The smallest absolute Gasteiger partial charge is 0.284 e. The molecule has 10 heteroatoms. The van der Waals surface area contributed by atoms with E-state index in [4.69, 9.17) is 26.5 Å². The van der Waals surface area contributed by atoms with Gasteiger partial charge in [-0.3, -0.25) is 19.3 Å². The monoisotopic (exact) mass is 512 g/mol. The number of anilines is 1. The van der Waals surface area contributed by atoms with Crippen LogP contribution in [0.3, 0.4) is 0 Å². The van der Waals surface area contributed by atoms with Gasteiger partial charge in [0.25, 0.3) is 11.8 Å². The summed E-state index contributed by atoms with van der Waals surface area (Å²) in [6.07, 6.45) is 0.757. The predicted octanol–water partition coefficient (Wildman–Crippen LogP) is 2.80. The van der Waals surface area contributed by atoms with Crippen LogP contribution in [0.5, 0.6) is 5.75 Å². The number of nitrogens with two attached hydrogens (primary N) is 1. The van der Waals surface area contributed by atoms with Gasteiger partial charge >= 0.3 is 0 Å². The molecule has 1 fully saturated rings. The van der Waals surface area contributed by atoms with Gasteiger partial charge in [-0.2, -0.15) is 0 Å². The Hall–Kier alpha value is -3.56. The SMILES string of the molecule is COc1ccc(Cl)cc1N1CCN(CCCNC(=O)c2cccc3c(=O)c(C)c(C(N)=O)oc23)CC1. The van der Waals surface area contributed by atoms with Crippen LogP contribution in [0, 0.1) is 6.92 Å². The molecule has 3 aromatic rings. The molecule has 3 N–H and O–H groups in total. The number of primary amides is 1. The summed E-state index contributed by atoms with van der Waals surface area (Å²) in [5.74, 6) is -0.656. The molecule has 0 radical (unpaired) electrons. The fraction of sp³-hybridized carbons (Fsp3) is 0.346. The van der Waals surface area contributed by atoms with E-state index < -0.39 is 5.91 Å². The second-order valence-electron chi connectivity index (χ2n) is 8.69. The van der Waals surface area contributed by atoms with Gasteiger partial charge in [0.05, 0.1) is 23.7 Å². The number of rotatable bonds is 8. The van der Waals surface area contributed by atoms with Gasteiger partial charge in [0.15, 0.2) is 16.8 Å². The van der Waals surface area contributed by atoms with E-state index in [0.717, 1.165) is 50.6 Å². The van der Waals surface area contributed by atoms with Crippen molar-refractivity contribution in [2.75, 3.05) is 51.3 Å². The lowest BCUT2D eigenvalue weighted by molar-refractivity contribution is 0.0944. The minimum atomic E-state index is -0.851. The van der Waals surface area contributed by atoms with Crippen LogP contribution in [-0.2, 0) is 0 Å². The first kappa shape index (κ1) is 25.5. The van der Waals surface area contributed by atoms with Crippen molar-refractivity contribution in [2.45, 2.75) is 13.3 Å². The van der Waals surface area contributed by atoms with E-state index in [-0.39, 0.29) is 39.2 Å². The second-order valence-corrected chi connectivity index (χ2v) is 9.12. The Morgan fingerprint density at radius 3 is 2.61 bits per heavy atom. The molecule has 0 spiro atoms. The van der Waals surface area contributed by atoms with Crippen LogP contribution >= 0.6 is 11.6 Å². The molecule has 2 aromatic carbocycles. The van der Waals surface area contributed by atoms with E-state index in [1.54, 1.807) is 25.3 Å². The Labute approximate surface area is 213 Å². The second kappa shape index (κ2) is 11.0. The highest BCUT2D eigenvalue weighted by atomic mass is 35.5. The first-order valence-electron chi connectivity index (χ1n) is 11.8. The molecule has 4 rings (SSSR count). The van der Waals surface area contributed by atoms with E-state index >= 15 is 0 Å². The lowest BCUT2D eigenvalue weighted by Gasteiger charge is -2.36. The minimum Gasteiger partial charge on any atom is -0.495 e. The summed E-state index contributed by atoms with van der Waals surface area (Å²) < 4.78 is 11.1. The van der Waals surface area contributed by atoms with Gasteiger partial charge in [-0.1, -0.05) is 17.7 Å². The number of hydrogen-bond acceptors (Lipinski definition) is 7. The first-order valence-corrected chi connectivity index (χ1v) is 12.1. The fourth-order valence-corrected chi connectivity index (χ4v) is 4.61. The third-order valence-corrected chi connectivity index (χ3v) is 6.64. The quantitative estimate of drug-likeness (QED) is 0.445. The number of nitrogens with one attached hydrogen (secondary N) is 1. The number of para-hydroxylation sites is 1. The maximum Gasteiger partial charge on any atom is 0.284 e. The molecule has 1 saturated heterocycles. The van der Waals surface area contributed by atoms with Gasteiger partial charge in [-0.15, -0.1) is 0 Å². The highest BCUT2D eigenvalue weighted by Gasteiger charge is 2.21. The summed E-state index contributed by atoms with van der Waals surface area (Å²) in [6, 6.07) is 10.4. The van der Waals surface area contributed by atoms with Gasteiger partial charge < -0.3 is 25.1 Å². The summed E-state index contributed by atoms with van der Waals surface area (Å²) in [7, 11) is 1.65. The normalized spacial score (nSPS) is 14.1. The number of ether oxygens (including phenoxy) is 1. The van der Waals surface area contributed by atoms with Crippen LogP contribution in [0.2, 0.25) is 5.02 Å². The van der Waals surface area contributed by atoms with Crippen LogP contribution < -0.4 is 26.1 Å². The number of methoxy groups -OCH3 is 1. The lowest BCUT2D eigenvalue weighted by atomic mass is 10.1. The van der Waals surface area contributed by atoms with E-state index in [2.05, 4.69) is 15.1 Å². The zero-order chi connectivity index (χ0) is 25.8.